The van der Waals surface area contributed by atoms with Crippen molar-refractivity contribution >= 4 is 11.9 Å². The molecule has 1 aliphatic rings. The average Bonchev–Trinajstić information content (AvgIpc) is 2.46. The van der Waals surface area contributed by atoms with E-state index < -0.39 is 5.60 Å². The molecule has 0 unspecified atom stereocenters. The number of nitrogens with one attached hydrogen (secondary N) is 1. The summed E-state index contributed by atoms with van der Waals surface area (Å²) in [7, 11) is 0. The van der Waals surface area contributed by atoms with E-state index in [4.69, 9.17) is 10.1 Å². The van der Waals surface area contributed by atoms with Gasteiger partial charge in [-0.2, -0.15) is 0 Å². The Morgan fingerprint density at radius 2 is 1.81 bits per heavy atom. The van der Waals surface area contributed by atoms with Gasteiger partial charge >= 0.3 is 6.09 Å². The van der Waals surface area contributed by atoms with Crippen molar-refractivity contribution in [3.05, 3.63) is 30.1 Å². The number of rotatable bonds is 1. The molecule has 1 aromatic heterocycles. The number of hydrogen-bond donors (Lipinski definition) is 1. The maximum atomic E-state index is 12.0. The molecule has 21 heavy (non-hydrogen) atoms. The minimum absolute atomic E-state index is 0.286. The van der Waals surface area contributed by atoms with E-state index in [0.29, 0.717) is 37.7 Å². The fraction of sp³-hybridized carbons (Fsp3) is 0.533. The standard InChI is InChI=1S/C15H22N4O2/c1-15(2,3)21-14(20)19-10-8-18(9-11-19)13(16)12-6-4-5-7-17-12/h4-7,16H,8-11H2,1-3H3. The first kappa shape index (κ1) is 15.3. The Labute approximate surface area is 125 Å². The van der Waals surface area contributed by atoms with Crippen LogP contribution in [0.2, 0.25) is 0 Å². The van der Waals surface area contributed by atoms with Gasteiger partial charge in [0.2, 0.25) is 0 Å². The molecular weight excluding hydrogens is 268 g/mol. The lowest BCUT2D eigenvalue weighted by Gasteiger charge is -2.36. The molecule has 2 rings (SSSR count). The minimum Gasteiger partial charge on any atom is -0.444 e. The van der Waals surface area contributed by atoms with Gasteiger partial charge in [-0.15, -0.1) is 0 Å². The molecule has 1 amide bonds. The zero-order valence-electron chi connectivity index (χ0n) is 12.8. The fourth-order valence-corrected chi connectivity index (χ4v) is 2.10. The third-order valence-corrected chi connectivity index (χ3v) is 3.16. The van der Waals surface area contributed by atoms with Gasteiger partial charge in [-0.05, 0) is 32.9 Å². The Bertz CT molecular complexity index is 502. The van der Waals surface area contributed by atoms with Crippen LogP contribution in [0.4, 0.5) is 4.79 Å². The Morgan fingerprint density at radius 1 is 1.19 bits per heavy atom. The SMILES string of the molecule is CC(C)(C)OC(=O)N1CCN(C(=N)c2ccccn2)CC1. The Morgan fingerprint density at radius 3 is 2.33 bits per heavy atom. The lowest BCUT2D eigenvalue weighted by Crippen LogP contribution is -2.51. The third kappa shape index (κ3) is 4.18. The molecule has 2 heterocycles. The van der Waals surface area contributed by atoms with E-state index in [1.54, 1.807) is 11.1 Å². The number of amides is 1. The quantitative estimate of drug-likeness (QED) is 0.634. The van der Waals surface area contributed by atoms with E-state index in [9.17, 15) is 4.79 Å². The number of ether oxygens (including phenoxy) is 1. The van der Waals surface area contributed by atoms with E-state index in [-0.39, 0.29) is 6.09 Å². The molecule has 6 heteroatoms. The van der Waals surface area contributed by atoms with Crippen LogP contribution in [0.15, 0.2) is 24.4 Å². The monoisotopic (exact) mass is 290 g/mol. The molecule has 0 bridgehead atoms. The Kier molecular flexibility index (Phi) is 4.45. The van der Waals surface area contributed by atoms with Crippen molar-refractivity contribution in [2.24, 2.45) is 0 Å². The normalized spacial score (nSPS) is 15.8. The van der Waals surface area contributed by atoms with Crippen LogP contribution < -0.4 is 0 Å². The first-order valence-corrected chi connectivity index (χ1v) is 7.09. The van der Waals surface area contributed by atoms with Crippen LogP contribution in [0.25, 0.3) is 0 Å². The second-order valence-corrected chi connectivity index (χ2v) is 6.02. The van der Waals surface area contributed by atoms with Gasteiger partial charge in [0.15, 0.2) is 0 Å². The van der Waals surface area contributed by atoms with Crippen LogP contribution in [0.1, 0.15) is 26.5 Å². The van der Waals surface area contributed by atoms with Crippen molar-refractivity contribution in [1.29, 1.82) is 5.41 Å². The van der Waals surface area contributed by atoms with Crippen molar-refractivity contribution in [1.82, 2.24) is 14.8 Å². The van der Waals surface area contributed by atoms with E-state index in [1.807, 2.05) is 43.9 Å². The largest absolute Gasteiger partial charge is 0.444 e. The molecule has 0 radical (unpaired) electrons. The molecule has 1 fully saturated rings. The molecule has 0 aromatic carbocycles. The molecule has 1 saturated heterocycles. The summed E-state index contributed by atoms with van der Waals surface area (Å²) >= 11 is 0. The second-order valence-electron chi connectivity index (χ2n) is 6.02. The predicted molar refractivity (Wildman–Crippen MR) is 80.4 cm³/mol. The van der Waals surface area contributed by atoms with Crippen molar-refractivity contribution in [2.75, 3.05) is 26.2 Å². The maximum Gasteiger partial charge on any atom is 0.410 e. The highest BCUT2D eigenvalue weighted by molar-refractivity contribution is 5.94. The van der Waals surface area contributed by atoms with Crippen LogP contribution in [0, 0.1) is 5.41 Å². The molecule has 0 atom stereocenters. The summed E-state index contributed by atoms with van der Waals surface area (Å²) in [5.41, 5.74) is 0.178. The van der Waals surface area contributed by atoms with E-state index in [2.05, 4.69) is 4.98 Å². The third-order valence-electron chi connectivity index (χ3n) is 3.16. The van der Waals surface area contributed by atoms with Gasteiger partial charge in [0, 0.05) is 32.4 Å². The van der Waals surface area contributed by atoms with Crippen LogP contribution in [0.3, 0.4) is 0 Å². The lowest BCUT2D eigenvalue weighted by molar-refractivity contribution is 0.0187. The van der Waals surface area contributed by atoms with Crippen molar-refractivity contribution in [2.45, 2.75) is 26.4 Å². The molecule has 6 nitrogen and oxygen atoms in total. The fourth-order valence-electron chi connectivity index (χ4n) is 2.10. The van der Waals surface area contributed by atoms with Gasteiger partial charge in [-0.1, -0.05) is 6.07 Å². The highest BCUT2D eigenvalue weighted by atomic mass is 16.6. The van der Waals surface area contributed by atoms with Gasteiger partial charge in [-0.3, -0.25) is 10.4 Å². The maximum absolute atomic E-state index is 12.0. The van der Waals surface area contributed by atoms with E-state index in [1.165, 1.54) is 0 Å². The van der Waals surface area contributed by atoms with Crippen LogP contribution in [0.5, 0.6) is 0 Å². The summed E-state index contributed by atoms with van der Waals surface area (Å²) in [6, 6.07) is 5.52. The summed E-state index contributed by atoms with van der Waals surface area (Å²) in [6.07, 6.45) is 1.40. The minimum atomic E-state index is -0.477. The number of hydrogen-bond acceptors (Lipinski definition) is 4. The number of aromatic nitrogens is 1. The highest BCUT2D eigenvalue weighted by Gasteiger charge is 2.27. The van der Waals surface area contributed by atoms with Gasteiger partial charge in [0.05, 0.1) is 0 Å². The van der Waals surface area contributed by atoms with Gasteiger partial charge in [0.25, 0.3) is 0 Å². The molecule has 1 aromatic rings. The summed E-state index contributed by atoms with van der Waals surface area (Å²) in [5, 5.41) is 8.17. The summed E-state index contributed by atoms with van der Waals surface area (Å²) in [4.78, 5) is 19.8. The predicted octanol–water partition coefficient (Wildman–Crippen LogP) is 1.96. The van der Waals surface area contributed by atoms with E-state index in [0.717, 1.165) is 0 Å². The zero-order chi connectivity index (χ0) is 15.5. The summed E-state index contributed by atoms with van der Waals surface area (Å²) < 4.78 is 5.36. The van der Waals surface area contributed by atoms with E-state index >= 15 is 0 Å². The summed E-state index contributed by atoms with van der Waals surface area (Å²) in [6.45, 7) is 7.94. The van der Waals surface area contributed by atoms with Gasteiger partial charge in [0.1, 0.15) is 17.1 Å². The van der Waals surface area contributed by atoms with Crippen molar-refractivity contribution < 1.29 is 9.53 Å². The Hall–Kier alpha value is -2.11. The molecule has 1 aliphatic heterocycles. The molecule has 1 N–H and O–H groups in total. The van der Waals surface area contributed by atoms with Crippen LogP contribution in [-0.2, 0) is 4.74 Å². The molecular formula is C15H22N4O2. The Balaban J connectivity index is 1.89. The molecule has 0 aliphatic carbocycles. The number of carbonyl (C=O) groups is 1. The van der Waals surface area contributed by atoms with Crippen molar-refractivity contribution in [3.8, 4) is 0 Å². The number of carbonyl (C=O) groups excluding carboxylic acids is 1. The first-order valence-electron chi connectivity index (χ1n) is 7.09. The van der Waals surface area contributed by atoms with Gasteiger partial charge in [-0.25, -0.2) is 4.79 Å². The number of amidine groups is 1. The molecule has 0 saturated carbocycles. The topological polar surface area (TPSA) is 69.5 Å². The summed E-state index contributed by atoms with van der Waals surface area (Å²) in [5.74, 6) is 0.402. The van der Waals surface area contributed by atoms with Crippen LogP contribution >= 0.6 is 0 Å². The highest BCUT2D eigenvalue weighted by Crippen LogP contribution is 2.12. The van der Waals surface area contributed by atoms with Crippen LogP contribution in [-0.4, -0.2) is 58.5 Å². The van der Waals surface area contributed by atoms with Gasteiger partial charge < -0.3 is 14.5 Å². The first-order chi connectivity index (χ1) is 9.87. The number of nitrogens with zero attached hydrogens (tertiary/aromatic N) is 3. The average molecular weight is 290 g/mol. The number of pyridine rings is 1. The smallest absolute Gasteiger partial charge is 0.410 e. The zero-order valence-corrected chi connectivity index (χ0v) is 12.8. The molecule has 0 spiro atoms. The number of piperazine rings is 1. The lowest BCUT2D eigenvalue weighted by atomic mass is 10.2. The molecule has 114 valence electrons. The van der Waals surface area contributed by atoms with Crippen molar-refractivity contribution in [3.63, 3.8) is 0 Å². The second kappa shape index (κ2) is 6.11.